The van der Waals surface area contributed by atoms with Crippen molar-refractivity contribution in [3.05, 3.63) is 34.3 Å². The minimum atomic E-state index is -0.254. The van der Waals surface area contributed by atoms with E-state index in [0.717, 1.165) is 5.69 Å². The third-order valence-electron chi connectivity index (χ3n) is 3.79. The van der Waals surface area contributed by atoms with E-state index in [4.69, 9.17) is 9.47 Å². The molecule has 1 aliphatic heterocycles. The zero-order valence-electron chi connectivity index (χ0n) is 13.9. The number of amides is 1. The minimum Gasteiger partial charge on any atom is -0.495 e. The summed E-state index contributed by atoms with van der Waals surface area (Å²) in [5, 5.41) is 1.86. The average molecular weight is 348 g/mol. The lowest BCUT2D eigenvalue weighted by Crippen LogP contribution is -2.42. The molecule has 0 N–H and O–H groups in total. The van der Waals surface area contributed by atoms with Crippen LogP contribution in [0.4, 0.5) is 5.95 Å². The summed E-state index contributed by atoms with van der Waals surface area (Å²) in [7, 11) is 5.35. The standard InChI is InChI=1S/C16H20N4O3S/c1-19(2)16-17-6-4-11(18-16)13-10-20(7-8-23-13)15(21)14-12(22-3)5-9-24-14/h4-6,9,13H,7-8,10H2,1-3H3. The largest absolute Gasteiger partial charge is 0.495 e. The number of anilines is 1. The van der Waals surface area contributed by atoms with Gasteiger partial charge in [-0.25, -0.2) is 9.97 Å². The summed E-state index contributed by atoms with van der Waals surface area (Å²) < 4.78 is 11.1. The number of hydrogen-bond acceptors (Lipinski definition) is 7. The van der Waals surface area contributed by atoms with Crippen molar-refractivity contribution in [2.24, 2.45) is 0 Å². The fourth-order valence-electron chi connectivity index (χ4n) is 2.53. The first kappa shape index (κ1) is 16.7. The zero-order chi connectivity index (χ0) is 17.1. The summed E-state index contributed by atoms with van der Waals surface area (Å²) >= 11 is 1.39. The molecule has 24 heavy (non-hydrogen) atoms. The van der Waals surface area contributed by atoms with E-state index < -0.39 is 0 Å². The lowest BCUT2D eigenvalue weighted by Gasteiger charge is -2.32. The Labute approximate surface area is 144 Å². The summed E-state index contributed by atoms with van der Waals surface area (Å²) in [5.41, 5.74) is 0.782. The Morgan fingerprint density at radius 2 is 2.29 bits per heavy atom. The molecule has 7 nitrogen and oxygen atoms in total. The van der Waals surface area contributed by atoms with Gasteiger partial charge in [0.1, 0.15) is 16.7 Å². The molecular formula is C16H20N4O3S. The SMILES string of the molecule is COc1ccsc1C(=O)N1CCOC(c2ccnc(N(C)C)n2)C1. The molecule has 0 aromatic carbocycles. The molecule has 128 valence electrons. The highest BCUT2D eigenvalue weighted by molar-refractivity contribution is 7.12. The average Bonchev–Trinajstić information content (AvgIpc) is 3.10. The van der Waals surface area contributed by atoms with Crippen LogP contribution in [0, 0.1) is 0 Å². The maximum Gasteiger partial charge on any atom is 0.267 e. The Hall–Kier alpha value is -2.19. The first-order chi connectivity index (χ1) is 11.6. The van der Waals surface area contributed by atoms with Crippen molar-refractivity contribution in [2.45, 2.75) is 6.10 Å². The molecule has 0 saturated carbocycles. The summed E-state index contributed by atoms with van der Waals surface area (Å²) in [4.78, 5) is 25.7. The Bertz CT molecular complexity index is 719. The zero-order valence-corrected chi connectivity index (χ0v) is 14.7. The molecule has 1 saturated heterocycles. The van der Waals surface area contributed by atoms with Crippen LogP contribution in [0.15, 0.2) is 23.7 Å². The van der Waals surface area contributed by atoms with Crippen LogP contribution in [0.3, 0.4) is 0 Å². The van der Waals surface area contributed by atoms with Gasteiger partial charge in [-0.3, -0.25) is 4.79 Å². The van der Waals surface area contributed by atoms with Crippen LogP contribution in [0.25, 0.3) is 0 Å². The second-order valence-corrected chi connectivity index (χ2v) is 6.52. The number of carbonyl (C=O) groups excluding carboxylic acids is 1. The van der Waals surface area contributed by atoms with Gasteiger partial charge < -0.3 is 19.3 Å². The van der Waals surface area contributed by atoms with Crippen molar-refractivity contribution in [2.75, 3.05) is 45.8 Å². The Morgan fingerprint density at radius 3 is 3.04 bits per heavy atom. The van der Waals surface area contributed by atoms with Gasteiger partial charge in [0.2, 0.25) is 5.95 Å². The van der Waals surface area contributed by atoms with Crippen LogP contribution >= 0.6 is 11.3 Å². The van der Waals surface area contributed by atoms with Crippen molar-refractivity contribution in [3.8, 4) is 5.75 Å². The molecule has 1 atom stereocenters. The number of rotatable bonds is 4. The second kappa shape index (κ2) is 7.14. The predicted octanol–water partition coefficient (Wildman–Crippen LogP) is 1.83. The topological polar surface area (TPSA) is 67.8 Å². The Balaban J connectivity index is 1.77. The monoisotopic (exact) mass is 348 g/mol. The second-order valence-electron chi connectivity index (χ2n) is 5.60. The number of methoxy groups -OCH3 is 1. The van der Waals surface area contributed by atoms with Gasteiger partial charge in [-0.1, -0.05) is 0 Å². The molecule has 3 heterocycles. The highest BCUT2D eigenvalue weighted by Gasteiger charge is 2.29. The highest BCUT2D eigenvalue weighted by atomic mass is 32.1. The number of carbonyl (C=O) groups is 1. The van der Waals surface area contributed by atoms with Gasteiger partial charge in [-0.15, -0.1) is 11.3 Å². The van der Waals surface area contributed by atoms with E-state index in [1.54, 1.807) is 18.2 Å². The van der Waals surface area contributed by atoms with E-state index in [-0.39, 0.29) is 12.0 Å². The molecule has 0 bridgehead atoms. The molecule has 1 aliphatic rings. The van der Waals surface area contributed by atoms with Gasteiger partial charge >= 0.3 is 0 Å². The minimum absolute atomic E-state index is 0.0305. The molecule has 0 radical (unpaired) electrons. The van der Waals surface area contributed by atoms with Crippen molar-refractivity contribution in [1.29, 1.82) is 0 Å². The first-order valence-corrected chi connectivity index (χ1v) is 8.50. The number of hydrogen-bond donors (Lipinski definition) is 0. The van der Waals surface area contributed by atoms with E-state index in [1.807, 2.05) is 36.5 Å². The van der Waals surface area contributed by atoms with Gasteiger partial charge in [0.15, 0.2) is 0 Å². The molecular weight excluding hydrogens is 328 g/mol. The number of thiophene rings is 1. The normalized spacial score (nSPS) is 17.6. The number of morpholine rings is 1. The summed E-state index contributed by atoms with van der Waals surface area (Å²) in [6, 6.07) is 3.64. The Morgan fingerprint density at radius 1 is 1.46 bits per heavy atom. The van der Waals surface area contributed by atoms with Gasteiger partial charge in [0.25, 0.3) is 5.91 Å². The van der Waals surface area contributed by atoms with Gasteiger partial charge in [-0.2, -0.15) is 0 Å². The Kier molecular flexibility index (Phi) is 4.96. The molecule has 0 aliphatic carbocycles. The van der Waals surface area contributed by atoms with Gasteiger partial charge in [-0.05, 0) is 17.5 Å². The van der Waals surface area contributed by atoms with Crippen LogP contribution in [-0.4, -0.2) is 61.7 Å². The lowest BCUT2D eigenvalue weighted by atomic mass is 10.2. The van der Waals surface area contributed by atoms with E-state index >= 15 is 0 Å². The van der Waals surface area contributed by atoms with Gasteiger partial charge in [0.05, 0.1) is 26.0 Å². The summed E-state index contributed by atoms with van der Waals surface area (Å²) in [6.45, 7) is 1.50. The molecule has 3 rings (SSSR count). The molecule has 0 spiro atoms. The van der Waals surface area contributed by atoms with E-state index in [2.05, 4.69) is 9.97 Å². The van der Waals surface area contributed by atoms with Crippen LogP contribution in [0.1, 0.15) is 21.5 Å². The fraction of sp³-hybridized carbons (Fsp3) is 0.438. The fourth-order valence-corrected chi connectivity index (χ4v) is 3.35. The van der Waals surface area contributed by atoms with Gasteiger partial charge in [0, 0.05) is 26.8 Å². The predicted molar refractivity (Wildman–Crippen MR) is 91.8 cm³/mol. The molecule has 8 heteroatoms. The van der Waals surface area contributed by atoms with E-state index in [0.29, 0.717) is 36.3 Å². The smallest absolute Gasteiger partial charge is 0.267 e. The van der Waals surface area contributed by atoms with Crippen LogP contribution < -0.4 is 9.64 Å². The van der Waals surface area contributed by atoms with Crippen molar-refractivity contribution in [3.63, 3.8) is 0 Å². The quantitative estimate of drug-likeness (QED) is 0.840. The maximum absolute atomic E-state index is 12.8. The summed E-state index contributed by atoms with van der Waals surface area (Å²) in [6.07, 6.45) is 1.46. The lowest BCUT2D eigenvalue weighted by molar-refractivity contribution is -0.0246. The van der Waals surface area contributed by atoms with Crippen molar-refractivity contribution < 1.29 is 14.3 Å². The number of nitrogens with zero attached hydrogens (tertiary/aromatic N) is 4. The maximum atomic E-state index is 12.8. The first-order valence-electron chi connectivity index (χ1n) is 7.62. The molecule has 2 aromatic rings. The highest BCUT2D eigenvalue weighted by Crippen LogP contribution is 2.28. The third-order valence-corrected chi connectivity index (χ3v) is 4.67. The number of aromatic nitrogens is 2. The molecule has 1 fully saturated rings. The van der Waals surface area contributed by atoms with Crippen molar-refractivity contribution in [1.82, 2.24) is 14.9 Å². The molecule has 2 aromatic heterocycles. The van der Waals surface area contributed by atoms with E-state index in [1.165, 1.54) is 11.3 Å². The van der Waals surface area contributed by atoms with Crippen LogP contribution in [-0.2, 0) is 4.74 Å². The van der Waals surface area contributed by atoms with Crippen LogP contribution in [0.5, 0.6) is 5.75 Å². The van der Waals surface area contributed by atoms with E-state index in [9.17, 15) is 4.79 Å². The molecule has 1 unspecified atom stereocenters. The third kappa shape index (κ3) is 3.34. The number of ether oxygens (including phenoxy) is 2. The van der Waals surface area contributed by atoms with Crippen molar-refractivity contribution >= 4 is 23.2 Å². The van der Waals surface area contributed by atoms with Crippen LogP contribution in [0.2, 0.25) is 0 Å². The molecule has 1 amide bonds. The summed E-state index contributed by atoms with van der Waals surface area (Å²) in [5.74, 6) is 1.21.